The summed E-state index contributed by atoms with van der Waals surface area (Å²) in [5.74, 6) is 0.0275. The maximum absolute atomic E-state index is 12.0. The number of hydrogen-bond acceptors (Lipinski definition) is 7. The Morgan fingerprint density at radius 1 is 1.44 bits per heavy atom. The summed E-state index contributed by atoms with van der Waals surface area (Å²) in [6, 6.07) is 8.57. The summed E-state index contributed by atoms with van der Waals surface area (Å²) in [7, 11) is 0. The number of carbonyl (C=O) groups is 1. The molecule has 1 unspecified atom stereocenters. The smallest absolute Gasteiger partial charge is 0.345 e. The molecular weight excluding hydrogens is 326 g/mol. The van der Waals surface area contributed by atoms with Crippen molar-refractivity contribution >= 4 is 17.5 Å². The van der Waals surface area contributed by atoms with Gasteiger partial charge in [-0.2, -0.15) is 0 Å². The van der Waals surface area contributed by atoms with Crippen LogP contribution in [0.4, 0.5) is 11.5 Å². The number of aromatic nitrogens is 1. The van der Waals surface area contributed by atoms with Gasteiger partial charge in [-0.15, -0.1) is 0 Å². The summed E-state index contributed by atoms with van der Waals surface area (Å²) >= 11 is 0. The van der Waals surface area contributed by atoms with Gasteiger partial charge in [-0.3, -0.25) is 10.1 Å². The first-order valence-corrected chi connectivity index (χ1v) is 7.90. The summed E-state index contributed by atoms with van der Waals surface area (Å²) < 4.78 is 10.5. The zero-order chi connectivity index (χ0) is 17.8. The lowest BCUT2D eigenvalue weighted by molar-refractivity contribution is -0.384. The van der Waals surface area contributed by atoms with E-state index in [1.807, 2.05) is 24.3 Å². The molecule has 8 nitrogen and oxygen atoms in total. The number of fused-ring (bicyclic) bond motifs is 1. The van der Waals surface area contributed by atoms with Crippen LogP contribution in [-0.2, 0) is 4.74 Å². The molecule has 2 heterocycles. The van der Waals surface area contributed by atoms with Crippen molar-refractivity contribution in [2.75, 3.05) is 18.5 Å². The van der Waals surface area contributed by atoms with Crippen LogP contribution in [-0.4, -0.2) is 29.1 Å². The highest BCUT2D eigenvalue weighted by atomic mass is 16.6. The molecule has 25 heavy (non-hydrogen) atoms. The fourth-order valence-electron chi connectivity index (χ4n) is 2.78. The zero-order valence-electron chi connectivity index (χ0n) is 13.6. The highest BCUT2D eigenvalue weighted by Crippen LogP contribution is 2.36. The monoisotopic (exact) mass is 343 g/mol. The molecular formula is C17H17N3O5. The standard InChI is InChI=1S/C17H17N3O5/c1-2-24-17(21)12-7-9-18-16(15(12)20(22)23)19-13-8-10-25-14-6-4-3-5-11(13)14/h3-7,9,13H,2,8,10H2,1H3,(H,18,19). The van der Waals surface area contributed by atoms with Gasteiger partial charge in [0.25, 0.3) is 0 Å². The second kappa shape index (κ2) is 7.16. The van der Waals surface area contributed by atoms with Gasteiger partial charge in [-0.25, -0.2) is 9.78 Å². The first-order chi connectivity index (χ1) is 12.1. The molecule has 0 bridgehead atoms. The summed E-state index contributed by atoms with van der Waals surface area (Å²) in [5, 5.41) is 14.6. The van der Waals surface area contributed by atoms with Crippen molar-refractivity contribution in [3.05, 3.63) is 57.8 Å². The molecule has 1 N–H and O–H groups in total. The Balaban J connectivity index is 1.97. The van der Waals surface area contributed by atoms with Crippen LogP contribution >= 0.6 is 0 Å². The van der Waals surface area contributed by atoms with Crippen LogP contribution < -0.4 is 10.1 Å². The van der Waals surface area contributed by atoms with E-state index < -0.39 is 10.9 Å². The van der Waals surface area contributed by atoms with E-state index in [9.17, 15) is 14.9 Å². The Kier molecular flexibility index (Phi) is 4.78. The van der Waals surface area contributed by atoms with Gasteiger partial charge < -0.3 is 14.8 Å². The Morgan fingerprint density at radius 3 is 3.00 bits per heavy atom. The van der Waals surface area contributed by atoms with Gasteiger partial charge in [0.2, 0.25) is 5.82 Å². The van der Waals surface area contributed by atoms with Crippen molar-refractivity contribution in [3.63, 3.8) is 0 Å². The maximum Gasteiger partial charge on any atom is 0.345 e. The van der Waals surface area contributed by atoms with Crippen LogP contribution in [0.1, 0.15) is 35.3 Å². The van der Waals surface area contributed by atoms with Crippen LogP contribution in [0.3, 0.4) is 0 Å². The lowest BCUT2D eigenvalue weighted by Crippen LogP contribution is -2.22. The second-order valence-corrected chi connectivity index (χ2v) is 5.41. The van der Waals surface area contributed by atoms with Gasteiger partial charge >= 0.3 is 11.7 Å². The average molecular weight is 343 g/mol. The first-order valence-electron chi connectivity index (χ1n) is 7.90. The highest BCUT2D eigenvalue weighted by molar-refractivity contribution is 5.96. The lowest BCUT2D eigenvalue weighted by Gasteiger charge is -2.26. The number of nitro groups is 1. The van der Waals surface area contributed by atoms with Crippen LogP contribution in [0.25, 0.3) is 0 Å². The van der Waals surface area contributed by atoms with Gasteiger partial charge in [0.05, 0.1) is 24.2 Å². The van der Waals surface area contributed by atoms with Crippen LogP contribution in [0, 0.1) is 10.1 Å². The molecule has 3 rings (SSSR count). The Hall–Kier alpha value is -3.16. The summed E-state index contributed by atoms with van der Waals surface area (Å²) in [6.45, 7) is 2.26. The number of benzene rings is 1. The molecule has 0 amide bonds. The molecule has 8 heteroatoms. The Morgan fingerprint density at radius 2 is 2.24 bits per heavy atom. The molecule has 130 valence electrons. The van der Waals surface area contributed by atoms with E-state index in [0.29, 0.717) is 13.0 Å². The number of rotatable bonds is 5. The quantitative estimate of drug-likeness (QED) is 0.505. The van der Waals surface area contributed by atoms with Crippen molar-refractivity contribution in [2.45, 2.75) is 19.4 Å². The molecule has 0 aliphatic carbocycles. The van der Waals surface area contributed by atoms with E-state index in [2.05, 4.69) is 10.3 Å². The van der Waals surface area contributed by atoms with E-state index in [-0.39, 0.29) is 29.7 Å². The van der Waals surface area contributed by atoms with Crippen molar-refractivity contribution in [1.29, 1.82) is 0 Å². The van der Waals surface area contributed by atoms with E-state index in [1.165, 1.54) is 12.3 Å². The molecule has 1 aliphatic rings. The lowest BCUT2D eigenvalue weighted by atomic mass is 10.0. The predicted molar refractivity (Wildman–Crippen MR) is 89.8 cm³/mol. The number of ether oxygens (including phenoxy) is 2. The van der Waals surface area contributed by atoms with Crippen LogP contribution in [0.2, 0.25) is 0 Å². The number of hydrogen-bond donors (Lipinski definition) is 1. The summed E-state index contributed by atoms with van der Waals surface area (Å²) in [4.78, 5) is 27.0. The number of nitrogens with one attached hydrogen (secondary N) is 1. The largest absolute Gasteiger partial charge is 0.493 e. The topological polar surface area (TPSA) is 104 Å². The molecule has 0 radical (unpaired) electrons. The van der Waals surface area contributed by atoms with Gasteiger partial charge in [-0.1, -0.05) is 18.2 Å². The first kappa shape index (κ1) is 16.7. The zero-order valence-corrected chi connectivity index (χ0v) is 13.6. The number of esters is 1. The molecule has 1 atom stereocenters. The third-order valence-corrected chi connectivity index (χ3v) is 3.87. The molecule has 0 spiro atoms. The molecule has 0 saturated heterocycles. The van der Waals surface area contributed by atoms with Crippen molar-refractivity contribution < 1.29 is 19.2 Å². The van der Waals surface area contributed by atoms with E-state index in [4.69, 9.17) is 9.47 Å². The number of para-hydroxylation sites is 1. The molecule has 2 aromatic rings. The molecule has 0 fully saturated rings. The van der Waals surface area contributed by atoms with E-state index in [1.54, 1.807) is 6.92 Å². The van der Waals surface area contributed by atoms with Gasteiger partial charge in [0.15, 0.2) is 0 Å². The van der Waals surface area contributed by atoms with Crippen LogP contribution in [0.15, 0.2) is 36.5 Å². The third kappa shape index (κ3) is 3.37. The SMILES string of the molecule is CCOC(=O)c1ccnc(NC2CCOc3ccccc32)c1[N+](=O)[O-]. The molecule has 1 aliphatic heterocycles. The highest BCUT2D eigenvalue weighted by Gasteiger charge is 2.30. The Labute approximate surface area is 143 Å². The Bertz CT molecular complexity index is 809. The molecule has 1 aromatic carbocycles. The number of pyridine rings is 1. The van der Waals surface area contributed by atoms with Crippen molar-refractivity contribution in [2.24, 2.45) is 0 Å². The van der Waals surface area contributed by atoms with Gasteiger partial charge in [0, 0.05) is 18.2 Å². The van der Waals surface area contributed by atoms with E-state index >= 15 is 0 Å². The van der Waals surface area contributed by atoms with Crippen LogP contribution in [0.5, 0.6) is 5.75 Å². The minimum atomic E-state index is -0.743. The summed E-state index contributed by atoms with van der Waals surface area (Å²) in [6.07, 6.45) is 1.98. The minimum absolute atomic E-state index is 0.0391. The molecule has 0 saturated carbocycles. The minimum Gasteiger partial charge on any atom is -0.493 e. The second-order valence-electron chi connectivity index (χ2n) is 5.41. The third-order valence-electron chi connectivity index (χ3n) is 3.87. The normalized spacial score (nSPS) is 15.6. The van der Waals surface area contributed by atoms with Crippen molar-refractivity contribution in [3.8, 4) is 5.75 Å². The maximum atomic E-state index is 12.0. The summed E-state index contributed by atoms with van der Waals surface area (Å²) in [5.41, 5.74) is 0.390. The number of anilines is 1. The number of carbonyl (C=O) groups excluding carboxylic acids is 1. The van der Waals surface area contributed by atoms with Crippen molar-refractivity contribution in [1.82, 2.24) is 4.98 Å². The fraction of sp³-hybridized carbons (Fsp3) is 0.294. The average Bonchev–Trinajstić information content (AvgIpc) is 2.62. The molecule has 1 aromatic heterocycles. The predicted octanol–water partition coefficient (Wildman–Crippen LogP) is 3.10. The van der Waals surface area contributed by atoms with Gasteiger partial charge in [0.1, 0.15) is 11.3 Å². The van der Waals surface area contributed by atoms with Gasteiger partial charge in [-0.05, 0) is 19.1 Å². The fourth-order valence-corrected chi connectivity index (χ4v) is 2.78. The number of nitrogens with zero attached hydrogens (tertiary/aromatic N) is 2. The van der Waals surface area contributed by atoms with E-state index in [0.717, 1.165) is 11.3 Å².